The van der Waals surface area contributed by atoms with Crippen LogP contribution < -0.4 is 5.32 Å². The average molecular weight is 217 g/mol. The van der Waals surface area contributed by atoms with Crippen LogP contribution in [0.4, 0.5) is 0 Å². The first-order valence-electron chi connectivity index (χ1n) is 4.87. The van der Waals surface area contributed by atoms with E-state index in [1.165, 1.54) is 12.8 Å². The maximum Gasteiger partial charge on any atom is 0.133 e. The van der Waals surface area contributed by atoms with Gasteiger partial charge in [-0.3, -0.25) is 0 Å². The van der Waals surface area contributed by atoms with Crippen LogP contribution in [0.1, 0.15) is 24.5 Å². The largest absolute Gasteiger partial charge is 0.317 e. The Hall–Kier alpha value is -0.610. The molecule has 0 bridgehead atoms. The van der Waals surface area contributed by atoms with Gasteiger partial charge in [0.25, 0.3) is 0 Å². The number of fused-ring (bicyclic) bond motifs is 1. The summed E-state index contributed by atoms with van der Waals surface area (Å²) in [4.78, 5) is 0. The highest BCUT2D eigenvalue weighted by Crippen LogP contribution is 2.14. The van der Waals surface area contributed by atoms with Crippen LogP contribution in [0.15, 0.2) is 0 Å². The third-order valence-corrected chi connectivity index (χ3v) is 2.84. The van der Waals surface area contributed by atoms with Crippen molar-refractivity contribution in [1.29, 1.82) is 0 Å². The number of hydrogen-bond acceptors (Lipinski definition) is 3. The van der Waals surface area contributed by atoms with Gasteiger partial charge in [-0.25, -0.2) is 0 Å². The van der Waals surface area contributed by atoms with Gasteiger partial charge in [0.1, 0.15) is 11.6 Å². The van der Waals surface area contributed by atoms with Crippen LogP contribution in [0.3, 0.4) is 0 Å². The van der Waals surface area contributed by atoms with Crippen LogP contribution in [-0.4, -0.2) is 27.9 Å². The summed E-state index contributed by atoms with van der Waals surface area (Å²) in [6, 6.07) is 0.640. The zero-order chi connectivity index (χ0) is 9.26. The zero-order valence-electron chi connectivity index (χ0n) is 8.66. The maximum atomic E-state index is 4.17. The fourth-order valence-corrected chi connectivity index (χ4v) is 1.92. The Balaban J connectivity index is 0.000000980. The van der Waals surface area contributed by atoms with E-state index in [2.05, 4.69) is 20.1 Å². The van der Waals surface area contributed by atoms with Crippen LogP contribution in [-0.2, 0) is 13.0 Å². The van der Waals surface area contributed by atoms with Gasteiger partial charge in [0.2, 0.25) is 0 Å². The minimum absolute atomic E-state index is 0. The lowest BCUT2D eigenvalue weighted by Gasteiger charge is -2.11. The lowest BCUT2D eigenvalue weighted by molar-refractivity contribution is 0.480. The molecule has 0 saturated heterocycles. The van der Waals surface area contributed by atoms with E-state index in [4.69, 9.17) is 0 Å². The summed E-state index contributed by atoms with van der Waals surface area (Å²) >= 11 is 0. The van der Waals surface area contributed by atoms with Crippen molar-refractivity contribution >= 4 is 12.4 Å². The molecule has 1 aromatic heterocycles. The van der Waals surface area contributed by atoms with Crippen LogP contribution in [0.2, 0.25) is 0 Å². The normalized spacial score (nSPS) is 20.9. The van der Waals surface area contributed by atoms with Gasteiger partial charge in [-0.1, -0.05) is 0 Å². The first kappa shape index (κ1) is 11.5. The van der Waals surface area contributed by atoms with E-state index in [0.717, 1.165) is 24.6 Å². The number of aryl methyl sites for hydroxylation is 2. The van der Waals surface area contributed by atoms with E-state index < -0.39 is 0 Å². The Bertz CT molecular complexity index is 297. The molecule has 80 valence electrons. The molecule has 0 spiro atoms. The highest BCUT2D eigenvalue weighted by atomic mass is 35.5. The molecular formula is C9H17ClN4. The molecule has 0 aromatic carbocycles. The van der Waals surface area contributed by atoms with E-state index in [-0.39, 0.29) is 12.4 Å². The quantitative estimate of drug-likeness (QED) is 0.760. The summed E-state index contributed by atoms with van der Waals surface area (Å²) < 4.78 is 2.23. The predicted molar refractivity (Wildman–Crippen MR) is 57.8 cm³/mol. The lowest BCUT2D eigenvalue weighted by Crippen LogP contribution is -2.25. The fourth-order valence-electron chi connectivity index (χ4n) is 1.92. The molecule has 0 amide bonds. The Labute approximate surface area is 90.5 Å². The third kappa shape index (κ3) is 2.07. The fraction of sp³-hybridized carbons (Fsp3) is 0.778. The minimum atomic E-state index is 0. The van der Waals surface area contributed by atoms with Gasteiger partial charge in [-0.15, -0.1) is 22.6 Å². The van der Waals surface area contributed by atoms with Crippen molar-refractivity contribution in [3.8, 4) is 0 Å². The molecule has 0 aliphatic carbocycles. The van der Waals surface area contributed by atoms with Crippen molar-refractivity contribution in [3.05, 3.63) is 11.6 Å². The number of aromatic nitrogens is 3. The van der Waals surface area contributed by atoms with E-state index in [1.54, 1.807) is 0 Å². The van der Waals surface area contributed by atoms with Gasteiger partial charge in [-0.05, 0) is 26.8 Å². The monoisotopic (exact) mass is 216 g/mol. The molecule has 1 aromatic rings. The first-order valence-corrected chi connectivity index (χ1v) is 4.87. The summed E-state index contributed by atoms with van der Waals surface area (Å²) in [6.07, 6.45) is 3.41. The van der Waals surface area contributed by atoms with Crippen molar-refractivity contribution in [2.24, 2.45) is 0 Å². The molecule has 0 saturated carbocycles. The van der Waals surface area contributed by atoms with E-state index in [0.29, 0.717) is 6.04 Å². The number of hydrogen-bond donors (Lipinski definition) is 1. The number of halogens is 1. The number of rotatable bonds is 1. The smallest absolute Gasteiger partial charge is 0.133 e. The first-order chi connectivity index (χ1) is 6.31. The maximum absolute atomic E-state index is 4.17. The summed E-state index contributed by atoms with van der Waals surface area (Å²) in [5.41, 5.74) is 0. The Morgan fingerprint density at radius 2 is 2.14 bits per heavy atom. The Morgan fingerprint density at radius 3 is 2.86 bits per heavy atom. The highest BCUT2D eigenvalue weighted by Gasteiger charge is 2.16. The molecule has 1 unspecified atom stereocenters. The van der Waals surface area contributed by atoms with Crippen LogP contribution in [0.25, 0.3) is 0 Å². The molecular weight excluding hydrogens is 200 g/mol. The molecule has 1 atom stereocenters. The van der Waals surface area contributed by atoms with E-state index in [9.17, 15) is 0 Å². The molecule has 1 N–H and O–H groups in total. The molecule has 0 fully saturated rings. The van der Waals surface area contributed by atoms with Crippen LogP contribution in [0, 0.1) is 6.92 Å². The standard InChI is InChI=1S/C9H16N4.ClH/c1-7-11-12-9-4-3-8(10-2)5-6-13(7)9;/h8,10H,3-6H2,1-2H3;1H. The highest BCUT2D eigenvalue weighted by molar-refractivity contribution is 5.85. The summed E-state index contributed by atoms with van der Waals surface area (Å²) in [6.45, 7) is 3.08. The van der Waals surface area contributed by atoms with Crippen molar-refractivity contribution in [3.63, 3.8) is 0 Å². The van der Waals surface area contributed by atoms with E-state index in [1.807, 2.05) is 14.0 Å². The lowest BCUT2D eigenvalue weighted by atomic mass is 10.1. The van der Waals surface area contributed by atoms with Crippen LogP contribution in [0.5, 0.6) is 0 Å². The van der Waals surface area contributed by atoms with Gasteiger partial charge < -0.3 is 9.88 Å². The van der Waals surface area contributed by atoms with Crippen LogP contribution >= 0.6 is 12.4 Å². The summed E-state index contributed by atoms with van der Waals surface area (Å²) in [7, 11) is 2.03. The molecule has 14 heavy (non-hydrogen) atoms. The Kier molecular flexibility index (Phi) is 3.89. The molecule has 4 nitrogen and oxygen atoms in total. The van der Waals surface area contributed by atoms with Crippen molar-refractivity contribution in [2.75, 3.05) is 7.05 Å². The van der Waals surface area contributed by atoms with Gasteiger partial charge in [0, 0.05) is 19.0 Å². The molecule has 2 heterocycles. The predicted octanol–water partition coefficient (Wildman–Crippen LogP) is 0.933. The molecule has 0 radical (unpaired) electrons. The summed E-state index contributed by atoms with van der Waals surface area (Å²) in [5, 5.41) is 11.6. The average Bonchev–Trinajstić information content (AvgIpc) is 2.38. The van der Waals surface area contributed by atoms with E-state index >= 15 is 0 Å². The molecule has 1 aliphatic heterocycles. The number of nitrogens with zero attached hydrogens (tertiary/aromatic N) is 3. The second-order valence-corrected chi connectivity index (χ2v) is 3.63. The molecule has 1 aliphatic rings. The SMILES string of the molecule is CNC1CCc2nnc(C)n2CC1.Cl. The number of nitrogens with one attached hydrogen (secondary N) is 1. The van der Waals surface area contributed by atoms with Crippen molar-refractivity contribution in [2.45, 2.75) is 38.8 Å². The van der Waals surface area contributed by atoms with Gasteiger partial charge in [-0.2, -0.15) is 0 Å². The Morgan fingerprint density at radius 1 is 1.36 bits per heavy atom. The van der Waals surface area contributed by atoms with Crippen molar-refractivity contribution in [1.82, 2.24) is 20.1 Å². The van der Waals surface area contributed by atoms with Gasteiger partial charge in [0.15, 0.2) is 0 Å². The zero-order valence-corrected chi connectivity index (χ0v) is 9.47. The topological polar surface area (TPSA) is 42.7 Å². The second-order valence-electron chi connectivity index (χ2n) is 3.63. The third-order valence-electron chi connectivity index (χ3n) is 2.84. The second kappa shape index (κ2) is 4.75. The summed E-state index contributed by atoms with van der Waals surface area (Å²) in [5.74, 6) is 2.20. The van der Waals surface area contributed by atoms with Crippen molar-refractivity contribution < 1.29 is 0 Å². The molecule has 5 heteroatoms. The van der Waals surface area contributed by atoms with Gasteiger partial charge >= 0.3 is 0 Å². The molecule has 2 rings (SSSR count). The van der Waals surface area contributed by atoms with Gasteiger partial charge in [0.05, 0.1) is 0 Å². The minimum Gasteiger partial charge on any atom is -0.317 e.